The van der Waals surface area contributed by atoms with Crippen LogP contribution >= 0.6 is 0 Å². The zero-order valence-electron chi connectivity index (χ0n) is 14.8. The molecule has 1 aromatic heterocycles. The van der Waals surface area contributed by atoms with Crippen LogP contribution in [0.4, 0.5) is 14.5 Å². The Morgan fingerprint density at radius 3 is 2.71 bits per heavy atom. The predicted octanol–water partition coefficient (Wildman–Crippen LogP) is 3.64. The van der Waals surface area contributed by atoms with Crippen LogP contribution in [0.1, 0.15) is 17.4 Å². The van der Waals surface area contributed by atoms with E-state index in [1.165, 1.54) is 6.26 Å². The van der Waals surface area contributed by atoms with Crippen molar-refractivity contribution in [2.75, 3.05) is 18.0 Å². The quantitative estimate of drug-likeness (QED) is 0.681. The topological polar surface area (TPSA) is 62.6 Å². The van der Waals surface area contributed by atoms with Gasteiger partial charge in [0.1, 0.15) is 28.3 Å². The number of halogens is 2. The Bertz CT molecular complexity index is 1080. The molecule has 0 radical (unpaired) electrons. The highest BCUT2D eigenvalue weighted by molar-refractivity contribution is 7.89. The zero-order chi connectivity index (χ0) is 19.7. The van der Waals surface area contributed by atoms with E-state index in [2.05, 4.69) is 9.62 Å². The number of furan rings is 1. The lowest BCUT2D eigenvalue weighted by Gasteiger charge is -2.29. The minimum atomic E-state index is -4.24. The van der Waals surface area contributed by atoms with Gasteiger partial charge in [0.2, 0.25) is 10.0 Å². The van der Waals surface area contributed by atoms with Crippen LogP contribution in [0.25, 0.3) is 0 Å². The second-order valence-corrected chi connectivity index (χ2v) is 8.27. The normalized spacial score (nSPS) is 14.9. The summed E-state index contributed by atoms with van der Waals surface area (Å²) in [6.45, 7) is 0.640. The molecule has 0 saturated carbocycles. The molecule has 4 rings (SSSR count). The van der Waals surface area contributed by atoms with Crippen LogP contribution in [0.2, 0.25) is 0 Å². The fourth-order valence-electron chi connectivity index (χ4n) is 3.48. The van der Waals surface area contributed by atoms with E-state index >= 15 is 0 Å². The second-order valence-electron chi connectivity index (χ2n) is 6.53. The first-order valence-electron chi connectivity index (χ1n) is 8.78. The molecule has 3 aromatic rings. The monoisotopic (exact) mass is 404 g/mol. The number of sulfonamides is 1. The minimum Gasteiger partial charge on any atom is -0.467 e. The van der Waals surface area contributed by atoms with Crippen LogP contribution in [-0.2, 0) is 16.4 Å². The average molecular weight is 404 g/mol. The Labute approximate surface area is 161 Å². The van der Waals surface area contributed by atoms with Crippen LogP contribution < -0.4 is 9.62 Å². The first-order valence-corrected chi connectivity index (χ1v) is 10.3. The van der Waals surface area contributed by atoms with E-state index < -0.39 is 32.6 Å². The lowest BCUT2D eigenvalue weighted by molar-refractivity contribution is 0.446. The third-order valence-electron chi connectivity index (χ3n) is 4.82. The molecule has 0 spiro atoms. The van der Waals surface area contributed by atoms with Crippen LogP contribution in [0.3, 0.4) is 0 Å². The third-order valence-corrected chi connectivity index (χ3v) is 6.26. The van der Waals surface area contributed by atoms with Crippen molar-refractivity contribution in [1.82, 2.24) is 4.72 Å². The summed E-state index contributed by atoms with van der Waals surface area (Å²) >= 11 is 0. The van der Waals surface area contributed by atoms with Gasteiger partial charge in [-0.2, -0.15) is 0 Å². The summed E-state index contributed by atoms with van der Waals surface area (Å²) in [4.78, 5) is 1.34. The molecule has 1 aliphatic rings. The number of para-hydroxylation sites is 1. The smallest absolute Gasteiger partial charge is 0.243 e. The Morgan fingerprint density at radius 2 is 1.93 bits per heavy atom. The van der Waals surface area contributed by atoms with Crippen molar-refractivity contribution in [3.05, 3.63) is 83.8 Å². The Balaban J connectivity index is 1.62. The number of rotatable bonds is 6. The molecule has 1 aliphatic heterocycles. The molecule has 2 aromatic carbocycles. The first-order chi connectivity index (χ1) is 13.5. The van der Waals surface area contributed by atoms with Crippen molar-refractivity contribution in [3.8, 4) is 0 Å². The molecule has 28 heavy (non-hydrogen) atoms. The zero-order valence-corrected chi connectivity index (χ0v) is 15.6. The molecule has 146 valence electrons. The highest BCUT2D eigenvalue weighted by Gasteiger charge is 2.30. The van der Waals surface area contributed by atoms with E-state index in [1.54, 1.807) is 12.1 Å². The summed E-state index contributed by atoms with van der Waals surface area (Å²) in [6.07, 6.45) is 2.35. The molecule has 1 N–H and O–H groups in total. The van der Waals surface area contributed by atoms with Crippen molar-refractivity contribution in [2.24, 2.45) is 0 Å². The molecule has 5 nitrogen and oxygen atoms in total. The van der Waals surface area contributed by atoms with Gasteiger partial charge >= 0.3 is 0 Å². The van der Waals surface area contributed by atoms with Crippen molar-refractivity contribution >= 4 is 15.7 Å². The molecule has 0 fully saturated rings. The van der Waals surface area contributed by atoms with Crippen molar-refractivity contribution < 1.29 is 21.6 Å². The lowest BCUT2D eigenvalue weighted by Crippen LogP contribution is -2.37. The maximum Gasteiger partial charge on any atom is 0.243 e. The maximum atomic E-state index is 13.9. The Kier molecular flexibility index (Phi) is 4.91. The van der Waals surface area contributed by atoms with E-state index in [4.69, 9.17) is 4.42 Å². The minimum absolute atomic E-state index is 0.0554. The van der Waals surface area contributed by atoms with Gasteiger partial charge < -0.3 is 9.32 Å². The number of benzene rings is 2. The van der Waals surface area contributed by atoms with E-state index in [1.807, 2.05) is 24.3 Å². The number of nitrogens with one attached hydrogen (secondary N) is 1. The van der Waals surface area contributed by atoms with Crippen LogP contribution in [0.15, 0.2) is 70.2 Å². The number of hydrogen-bond donors (Lipinski definition) is 1. The summed E-state index contributed by atoms with van der Waals surface area (Å²) in [5.74, 6) is -1.24. The van der Waals surface area contributed by atoms with Gasteiger partial charge in [0.15, 0.2) is 0 Å². The summed E-state index contributed by atoms with van der Waals surface area (Å²) in [7, 11) is -4.24. The van der Waals surface area contributed by atoms with E-state index in [-0.39, 0.29) is 6.54 Å². The predicted molar refractivity (Wildman–Crippen MR) is 100 cm³/mol. The fourth-order valence-corrected chi connectivity index (χ4v) is 4.61. The number of nitrogens with zero attached hydrogens (tertiary/aromatic N) is 1. The summed E-state index contributed by atoms with van der Waals surface area (Å²) in [6, 6.07) is 13.3. The number of fused-ring (bicyclic) bond motifs is 1. The van der Waals surface area contributed by atoms with Crippen LogP contribution in [0, 0.1) is 11.6 Å². The summed E-state index contributed by atoms with van der Waals surface area (Å²) < 4.78 is 60.5. The molecule has 2 heterocycles. The van der Waals surface area contributed by atoms with Crippen molar-refractivity contribution in [3.63, 3.8) is 0 Å². The van der Waals surface area contributed by atoms with Crippen LogP contribution in [-0.4, -0.2) is 21.5 Å². The van der Waals surface area contributed by atoms with Crippen molar-refractivity contribution in [2.45, 2.75) is 17.4 Å². The van der Waals surface area contributed by atoms with Gasteiger partial charge in [0, 0.05) is 18.8 Å². The molecule has 0 amide bonds. The standard InChI is InChI=1S/C20H18F2N2O3S/c21-15-7-8-16(22)20(12-15)28(25,26)23-13-18(19-6-3-11-27-19)24-10-9-14-4-1-2-5-17(14)24/h1-8,11-12,18,23H,9-10,13H2/t18-/m1/s1. The first kappa shape index (κ1) is 18.6. The summed E-state index contributed by atoms with van der Waals surface area (Å²) in [5.41, 5.74) is 2.16. The van der Waals surface area contributed by atoms with E-state index in [0.717, 1.165) is 29.8 Å². The molecular formula is C20H18F2N2O3S. The van der Waals surface area contributed by atoms with E-state index in [9.17, 15) is 17.2 Å². The summed E-state index contributed by atoms with van der Waals surface area (Å²) in [5, 5.41) is 0. The molecule has 0 saturated heterocycles. The van der Waals surface area contributed by atoms with Gasteiger partial charge in [-0.25, -0.2) is 21.9 Å². The number of anilines is 1. The highest BCUT2D eigenvalue weighted by Crippen LogP contribution is 2.35. The molecule has 0 bridgehead atoms. The fraction of sp³-hybridized carbons (Fsp3) is 0.200. The van der Waals surface area contributed by atoms with Gasteiger partial charge in [-0.05, 0) is 48.4 Å². The van der Waals surface area contributed by atoms with Crippen LogP contribution in [0.5, 0.6) is 0 Å². The van der Waals surface area contributed by atoms with Gasteiger partial charge in [0.05, 0.1) is 6.26 Å². The Morgan fingerprint density at radius 1 is 1.11 bits per heavy atom. The molecular weight excluding hydrogens is 386 g/mol. The van der Waals surface area contributed by atoms with Crippen molar-refractivity contribution in [1.29, 1.82) is 0 Å². The van der Waals surface area contributed by atoms with E-state index in [0.29, 0.717) is 18.4 Å². The van der Waals surface area contributed by atoms with Gasteiger partial charge in [-0.15, -0.1) is 0 Å². The SMILES string of the molecule is O=S(=O)(NC[C@H](c1ccco1)N1CCc2ccccc21)c1cc(F)ccc1F. The highest BCUT2D eigenvalue weighted by atomic mass is 32.2. The number of hydrogen-bond acceptors (Lipinski definition) is 4. The molecule has 8 heteroatoms. The maximum absolute atomic E-state index is 13.9. The average Bonchev–Trinajstić information content (AvgIpc) is 3.35. The largest absolute Gasteiger partial charge is 0.467 e. The second kappa shape index (κ2) is 7.37. The molecule has 1 atom stereocenters. The van der Waals surface area contributed by atoms with Gasteiger partial charge in [0.25, 0.3) is 0 Å². The van der Waals surface area contributed by atoms with Gasteiger partial charge in [-0.1, -0.05) is 18.2 Å². The molecule has 0 unspecified atom stereocenters. The Hall–Kier alpha value is -2.71. The third kappa shape index (κ3) is 3.53. The molecule has 0 aliphatic carbocycles. The van der Waals surface area contributed by atoms with Gasteiger partial charge in [-0.3, -0.25) is 0 Å². The lowest BCUT2D eigenvalue weighted by atomic mass is 10.1.